The molecule has 0 N–H and O–H groups in total. The van der Waals surface area contributed by atoms with Gasteiger partial charge in [0.1, 0.15) is 0 Å². The van der Waals surface area contributed by atoms with Crippen LogP contribution in [0.15, 0.2) is 133 Å². The summed E-state index contributed by atoms with van der Waals surface area (Å²) in [5.74, 6) is 0. The van der Waals surface area contributed by atoms with E-state index in [-0.39, 0.29) is 28.4 Å². The second-order valence-electron chi connectivity index (χ2n) is 21.9. The van der Waals surface area contributed by atoms with E-state index < -0.39 is 6.85 Å². The number of benzene rings is 7. The zero-order valence-electron chi connectivity index (χ0n) is 41.8. The molecule has 0 atom stereocenters. The van der Waals surface area contributed by atoms with E-state index in [1.807, 2.05) is 12.1 Å². The number of hydrogen-bond donors (Lipinski definition) is 0. The van der Waals surface area contributed by atoms with E-state index in [0.717, 1.165) is 86.7 Å². The first kappa shape index (κ1) is 36.7. The van der Waals surface area contributed by atoms with Gasteiger partial charge < -0.3 is 9.80 Å². The summed E-state index contributed by atoms with van der Waals surface area (Å²) >= 11 is 0. The summed E-state index contributed by atoms with van der Waals surface area (Å²) in [7, 11) is 0. The van der Waals surface area contributed by atoms with Gasteiger partial charge in [0.05, 0.1) is 0 Å². The largest absolute Gasteiger partial charge is 0.311 e. The van der Waals surface area contributed by atoms with Crippen LogP contribution in [0.4, 0.5) is 34.1 Å². The highest BCUT2D eigenvalue weighted by Gasteiger charge is 2.48. The third-order valence-electron chi connectivity index (χ3n) is 15.6. The third-order valence-corrected chi connectivity index (χ3v) is 15.6. The summed E-state index contributed by atoms with van der Waals surface area (Å²) in [5.41, 5.74) is 22.6. The van der Waals surface area contributed by atoms with Crippen molar-refractivity contribution in [3.05, 3.63) is 172 Å². The first-order chi connectivity index (χ1) is 31.1. The third kappa shape index (κ3) is 6.05. The van der Waals surface area contributed by atoms with Crippen molar-refractivity contribution in [2.45, 2.75) is 117 Å². The van der Waals surface area contributed by atoms with Gasteiger partial charge in [0.15, 0.2) is 0 Å². The Hall–Kier alpha value is -5.80. The highest BCUT2D eigenvalue weighted by Crippen LogP contribution is 2.55. The van der Waals surface area contributed by atoms with Crippen molar-refractivity contribution in [1.82, 2.24) is 0 Å². The lowest BCUT2D eigenvalue weighted by Gasteiger charge is -2.48. The van der Waals surface area contributed by atoms with Crippen molar-refractivity contribution < 1.29 is 4.11 Å². The number of aryl methyl sites for hydroxylation is 3. The lowest BCUT2D eigenvalue weighted by Crippen LogP contribution is -2.62. The van der Waals surface area contributed by atoms with E-state index in [4.69, 9.17) is 4.11 Å². The number of rotatable bonds is 4. The van der Waals surface area contributed by atoms with Crippen LogP contribution in [-0.4, -0.2) is 6.71 Å². The molecule has 2 nitrogen and oxygen atoms in total. The van der Waals surface area contributed by atoms with E-state index in [1.54, 1.807) is 0 Å². The fourth-order valence-corrected chi connectivity index (χ4v) is 12.4. The number of hydrogen-bond acceptors (Lipinski definition) is 2. The van der Waals surface area contributed by atoms with Crippen molar-refractivity contribution >= 4 is 57.2 Å². The van der Waals surface area contributed by atoms with Gasteiger partial charge in [-0.15, -0.1) is 0 Å². The minimum atomic E-state index is -2.37. The summed E-state index contributed by atoms with van der Waals surface area (Å²) in [6.45, 7) is 21.2. The van der Waals surface area contributed by atoms with Crippen LogP contribution in [0.1, 0.15) is 118 Å². The first-order valence-electron chi connectivity index (χ1n) is 24.6. The molecule has 0 unspecified atom stereocenters. The minimum absolute atomic E-state index is 0.0201. The number of fused-ring (bicyclic) bond motifs is 6. The topological polar surface area (TPSA) is 6.48 Å². The Morgan fingerprint density at radius 2 is 0.905 bits per heavy atom. The van der Waals surface area contributed by atoms with Gasteiger partial charge in [-0.1, -0.05) is 152 Å². The van der Waals surface area contributed by atoms with E-state index in [9.17, 15) is 0 Å². The molecule has 7 aromatic carbocycles. The molecule has 0 radical (unpaired) electrons. The van der Waals surface area contributed by atoms with Gasteiger partial charge in [0.2, 0.25) is 0 Å². The van der Waals surface area contributed by atoms with Gasteiger partial charge in [-0.05, 0) is 176 Å². The molecule has 7 aromatic rings. The standard InChI is InChI=1S/C60H61BN2/c1-37-28-54-56-55(29-37)63(51-34-47-44(30-39(51)3)59(8,9)36-60(47,10)11)53-35-46-45(57(4,5)26-27-58(46,6)7)33-49(53)61(56)48-25-24-43(41-20-16-13-17-21-41)32-52(48)62(54)50-31-42(23-22-38(50)2)40-18-14-12-15-19-40/h12-25,28-35H,26-27,36H2,1-11H3/i1D3. The molecule has 0 fully saturated rings. The van der Waals surface area contributed by atoms with Crippen LogP contribution in [0.5, 0.6) is 0 Å². The average Bonchev–Trinajstić information content (AvgIpc) is 3.46. The molecular formula is C60H61BN2. The molecule has 3 heteroatoms. The summed E-state index contributed by atoms with van der Waals surface area (Å²) < 4.78 is 27.5. The monoisotopic (exact) mass is 824 g/mol. The lowest BCUT2D eigenvalue weighted by molar-refractivity contribution is 0.332. The number of nitrogens with zero attached hydrogens (tertiary/aromatic N) is 2. The maximum atomic E-state index is 9.15. The summed E-state index contributed by atoms with van der Waals surface area (Å²) in [6.07, 6.45) is 3.28. The smallest absolute Gasteiger partial charge is 0.252 e. The predicted octanol–water partition coefficient (Wildman–Crippen LogP) is 14.3. The number of anilines is 6. The lowest BCUT2D eigenvalue weighted by atomic mass is 9.33. The molecule has 0 bridgehead atoms. The van der Waals surface area contributed by atoms with Crippen molar-refractivity contribution in [2.24, 2.45) is 0 Å². The molecule has 0 amide bonds. The molecule has 11 rings (SSSR count). The molecule has 2 aliphatic carbocycles. The molecule has 4 aliphatic rings. The summed E-state index contributed by atoms with van der Waals surface area (Å²) in [6, 6.07) is 49.0. The molecule has 63 heavy (non-hydrogen) atoms. The Morgan fingerprint density at radius 1 is 0.429 bits per heavy atom. The zero-order valence-corrected chi connectivity index (χ0v) is 38.8. The van der Waals surface area contributed by atoms with Gasteiger partial charge >= 0.3 is 0 Å². The average molecular weight is 824 g/mol. The maximum absolute atomic E-state index is 9.15. The van der Waals surface area contributed by atoms with Gasteiger partial charge in [-0.2, -0.15) is 0 Å². The molecule has 0 saturated carbocycles. The Morgan fingerprint density at radius 3 is 1.49 bits per heavy atom. The Labute approximate surface area is 381 Å². The SMILES string of the molecule is [2H]C([2H])([2H])c1cc2c3c(c1)N(c1cc4c(cc1C)C(C)(C)CC4(C)C)c1cc4c(cc1B3c1ccc(-c3ccccc3)cc1N2c1cc(-c2ccccc2)ccc1C)C(C)(C)CCC4(C)C. The molecule has 0 aromatic heterocycles. The Balaban J connectivity index is 1.29. The molecular weight excluding hydrogens is 759 g/mol. The predicted molar refractivity (Wildman–Crippen MR) is 272 cm³/mol. The van der Waals surface area contributed by atoms with Crippen molar-refractivity contribution in [2.75, 3.05) is 9.80 Å². The highest BCUT2D eigenvalue weighted by molar-refractivity contribution is 7.00. The van der Waals surface area contributed by atoms with E-state index in [2.05, 4.69) is 200 Å². The van der Waals surface area contributed by atoms with Gasteiger partial charge in [0, 0.05) is 38.2 Å². The maximum Gasteiger partial charge on any atom is 0.252 e. The van der Waals surface area contributed by atoms with Crippen LogP contribution in [0, 0.1) is 20.7 Å². The molecule has 314 valence electrons. The second kappa shape index (κ2) is 13.6. The van der Waals surface area contributed by atoms with Crippen LogP contribution in [0.3, 0.4) is 0 Å². The molecule has 2 aliphatic heterocycles. The van der Waals surface area contributed by atoms with Crippen LogP contribution in [-0.2, 0) is 21.7 Å². The normalized spacial score (nSPS) is 18.9. The summed E-state index contributed by atoms with van der Waals surface area (Å²) in [5, 5.41) is 0. The van der Waals surface area contributed by atoms with Crippen LogP contribution in [0.25, 0.3) is 22.3 Å². The van der Waals surface area contributed by atoms with Gasteiger partial charge in [-0.25, -0.2) is 0 Å². The van der Waals surface area contributed by atoms with Crippen LogP contribution < -0.4 is 26.2 Å². The molecule has 2 heterocycles. The molecule has 0 saturated heterocycles. The zero-order chi connectivity index (χ0) is 46.5. The quantitative estimate of drug-likeness (QED) is 0.163. The van der Waals surface area contributed by atoms with Crippen molar-refractivity contribution in [3.63, 3.8) is 0 Å². The van der Waals surface area contributed by atoms with Crippen molar-refractivity contribution in [1.29, 1.82) is 0 Å². The van der Waals surface area contributed by atoms with Crippen molar-refractivity contribution in [3.8, 4) is 22.3 Å². The Bertz CT molecular complexity index is 3140. The van der Waals surface area contributed by atoms with Gasteiger partial charge in [-0.3, -0.25) is 0 Å². The van der Waals surface area contributed by atoms with E-state index >= 15 is 0 Å². The Kier molecular flexibility index (Phi) is 7.92. The van der Waals surface area contributed by atoms with E-state index in [0.29, 0.717) is 5.56 Å². The fraction of sp³-hybridized carbons (Fsp3) is 0.300. The summed E-state index contributed by atoms with van der Waals surface area (Å²) in [4.78, 5) is 4.90. The van der Waals surface area contributed by atoms with Crippen LogP contribution >= 0.6 is 0 Å². The fourth-order valence-electron chi connectivity index (χ4n) is 12.4. The second-order valence-corrected chi connectivity index (χ2v) is 21.9. The van der Waals surface area contributed by atoms with Gasteiger partial charge in [0.25, 0.3) is 6.71 Å². The minimum Gasteiger partial charge on any atom is -0.311 e. The molecule has 0 spiro atoms. The highest BCUT2D eigenvalue weighted by atomic mass is 15.2. The van der Waals surface area contributed by atoms with Crippen LogP contribution in [0.2, 0.25) is 0 Å². The first-order valence-corrected chi connectivity index (χ1v) is 23.1. The van der Waals surface area contributed by atoms with E-state index in [1.165, 1.54) is 38.7 Å².